The Bertz CT molecular complexity index is 1660. The second kappa shape index (κ2) is 21.4. The Kier molecular flexibility index (Phi) is 17.1. The summed E-state index contributed by atoms with van der Waals surface area (Å²) in [6.45, 7) is 11.2. The molecule has 1 heterocycles. The maximum absolute atomic E-state index is 9.67. The Hall–Kier alpha value is -3.87. The number of epoxide rings is 1. The van der Waals surface area contributed by atoms with E-state index in [1.54, 1.807) is 14.2 Å². The number of aliphatic hydroxyl groups is 3. The van der Waals surface area contributed by atoms with E-state index < -0.39 is 18.3 Å². The lowest BCUT2D eigenvalue weighted by Gasteiger charge is -2.26. The van der Waals surface area contributed by atoms with Crippen molar-refractivity contribution >= 4 is 11.6 Å². The molecule has 0 amide bonds. The number of ether oxygens (including phenoxy) is 7. The Morgan fingerprint density at radius 2 is 0.818 bits per heavy atom. The van der Waals surface area contributed by atoms with Crippen LogP contribution < -0.4 is 18.9 Å². The van der Waals surface area contributed by atoms with Crippen LogP contribution in [0.5, 0.6) is 23.0 Å². The summed E-state index contributed by atoms with van der Waals surface area (Å²) in [4.78, 5) is 0. The van der Waals surface area contributed by atoms with Crippen molar-refractivity contribution in [3.63, 3.8) is 0 Å². The maximum Gasteiger partial charge on any atom is 0.119 e. The zero-order chi connectivity index (χ0) is 39.8. The standard InChI is InChI=1S/C22H29ClO5.C22H28O5/c1-22(2,16-4-8-20(9-5-16)27-14-18(24)12-23)17-6-10-21(11-7-17)28-15-19(25)13-26-3;1-22(2,17-6-10-20(11-7-17)26-14-21-15-27-21)16-4-8-19(9-5-16)25-13-18(23)12-24-3/h4-11,18-19,24-25H,12-15H2,1-3H3;4-11,18,21,23H,12-15H2,1-3H3. The van der Waals surface area contributed by atoms with Gasteiger partial charge in [-0.3, -0.25) is 0 Å². The summed E-state index contributed by atoms with van der Waals surface area (Å²) in [5.74, 6) is 3.15. The predicted octanol–water partition coefficient (Wildman–Crippen LogP) is 6.55. The molecule has 0 aliphatic carbocycles. The molecule has 4 aromatic carbocycles. The molecule has 3 N–H and O–H groups in total. The summed E-state index contributed by atoms with van der Waals surface area (Å²) >= 11 is 5.57. The van der Waals surface area contributed by atoms with Gasteiger partial charge >= 0.3 is 0 Å². The van der Waals surface area contributed by atoms with Crippen LogP contribution in [0.3, 0.4) is 0 Å². The van der Waals surface area contributed by atoms with Crippen molar-refractivity contribution in [1.82, 2.24) is 0 Å². The molecule has 0 spiro atoms. The van der Waals surface area contributed by atoms with Crippen molar-refractivity contribution in [2.75, 3.05) is 66.3 Å². The lowest BCUT2D eigenvalue weighted by molar-refractivity contribution is 0.0325. The minimum Gasteiger partial charge on any atom is -0.491 e. The predicted molar refractivity (Wildman–Crippen MR) is 214 cm³/mol. The first-order valence-corrected chi connectivity index (χ1v) is 19.0. The van der Waals surface area contributed by atoms with Crippen LogP contribution in [0.25, 0.3) is 0 Å². The van der Waals surface area contributed by atoms with Crippen molar-refractivity contribution in [2.45, 2.75) is 62.9 Å². The molecule has 10 nitrogen and oxygen atoms in total. The van der Waals surface area contributed by atoms with Gasteiger partial charge in [-0.05, 0) is 70.8 Å². The minimum absolute atomic E-state index is 0.147. The highest BCUT2D eigenvalue weighted by molar-refractivity contribution is 6.18. The van der Waals surface area contributed by atoms with E-state index >= 15 is 0 Å². The zero-order valence-electron chi connectivity index (χ0n) is 32.8. The zero-order valence-corrected chi connectivity index (χ0v) is 33.5. The number of rotatable bonds is 21. The first-order chi connectivity index (χ1) is 26.3. The summed E-state index contributed by atoms with van der Waals surface area (Å²) in [6.07, 6.45) is -1.68. The van der Waals surface area contributed by atoms with Crippen molar-refractivity contribution in [3.8, 4) is 23.0 Å². The molecule has 0 radical (unpaired) electrons. The monoisotopic (exact) mass is 780 g/mol. The van der Waals surface area contributed by atoms with Gasteiger partial charge in [0, 0.05) is 25.0 Å². The third-order valence-electron chi connectivity index (χ3n) is 9.37. The van der Waals surface area contributed by atoms with Crippen LogP contribution in [0.4, 0.5) is 0 Å². The molecular formula is C44H57ClO10. The van der Waals surface area contributed by atoms with Crippen LogP contribution in [-0.2, 0) is 25.0 Å². The number of alkyl halides is 1. The summed E-state index contributed by atoms with van der Waals surface area (Å²) in [5, 5.41) is 28.8. The highest BCUT2D eigenvalue weighted by Crippen LogP contribution is 2.35. The molecule has 0 bridgehead atoms. The molecule has 5 rings (SSSR count). The van der Waals surface area contributed by atoms with E-state index in [1.807, 2.05) is 72.8 Å². The highest BCUT2D eigenvalue weighted by Gasteiger charge is 2.26. The van der Waals surface area contributed by atoms with Gasteiger partial charge in [-0.1, -0.05) is 76.2 Å². The molecular weight excluding hydrogens is 724 g/mol. The SMILES string of the molecule is COCC(O)COc1ccc(C(C)(C)c2ccc(OCC(O)CCl)cc2)cc1.COCC(O)COc1ccc(C(C)(C)c2ccc(OCC3CO3)cc2)cc1. The van der Waals surface area contributed by atoms with E-state index in [4.69, 9.17) is 44.8 Å². The fourth-order valence-corrected chi connectivity index (χ4v) is 5.75. The van der Waals surface area contributed by atoms with Gasteiger partial charge in [-0.25, -0.2) is 0 Å². The van der Waals surface area contributed by atoms with Gasteiger partial charge in [0.05, 0.1) is 25.7 Å². The molecule has 11 heteroatoms. The number of halogens is 1. The van der Waals surface area contributed by atoms with Gasteiger partial charge < -0.3 is 48.5 Å². The summed E-state index contributed by atoms with van der Waals surface area (Å²) in [5.41, 5.74) is 4.33. The van der Waals surface area contributed by atoms with E-state index in [-0.39, 0.29) is 55.8 Å². The third-order valence-corrected chi connectivity index (χ3v) is 9.72. The van der Waals surface area contributed by atoms with Gasteiger partial charge in [0.1, 0.15) is 73.8 Å². The molecule has 4 unspecified atom stereocenters. The van der Waals surface area contributed by atoms with Gasteiger partial charge in [-0.2, -0.15) is 0 Å². The molecule has 1 aliphatic heterocycles. The van der Waals surface area contributed by atoms with Crippen molar-refractivity contribution in [1.29, 1.82) is 0 Å². The molecule has 0 saturated carbocycles. The largest absolute Gasteiger partial charge is 0.491 e. The van der Waals surface area contributed by atoms with Crippen LogP contribution in [-0.4, -0.2) is 106 Å². The lowest BCUT2D eigenvalue weighted by Crippen LogP contribution is -2.22. The van der Waals surface area contributed by atoms with E-state index in [2.05, 4.69) is 52.0 Å². The molecule has 4 aromatic rings. The first-order valence-electron chi connectivity index (χ1n) is 18.5. The summed E-state index contributed by atoms with van der Waals surface area (Å²) in [6, 6.07) is 31.9. The molecule has 1 aliphatic rings. The van der Waals surface area contributed by atoms with Crippen LogP contribution in [0.15, 0.2) is 97.1 Å². The number of benzene rings is 4. The van der Waals surface area contributed by atoms with Crippen LogP contribution >= 0.6 is 11.6 Å². The Labute approximate surface area is 330 Å². The summed E-state index contributed by atoms with van der Waals surface area (Å²) in [7, 11) is 3.10. The van der Waals surface area contributed by atoms with Gasteiger partial charge in [0.25, 0.3) is 0 Å². The molecule has 300 valence electrons. The first kappa shape index (κ1) is 43.9. The Morgan fingerprint density at radius 1 is 0.527 bits per heavy atom. The van der Waals surface area contributed by atoms with Crippen LogP contribution in [0.2, 0.25) is 0 Å². The Balaban J connectivity index is 0.000000245. The van der Waals surface area contributed by atoms with Crippen molar-refractivity contribution in [3.05, 3.63) is 119 Å². The van der Waals surface area contributed by atoms with E-state index in [9.17, 15) is 15.3 Å². The fraction of sp³-hybridized carbons (Fsp3) is 0.455. The topological polar surface area (TPSA) is 129 Å². The van der Waals surface area contributed by atoms with Crippen molar-refractivity contribution in [2.24, 2.45) is 0 Å². The average molecular weight is 781 g/mol. The molecule has 4 atom stereocenters. The van der Waals surface area contributed by atoms with Gasteiger partial charge in [0.2, 0.25) is 0 Å². The van der Waals surface area contributed by atoms with E-state index in [1.165, 1.54) is 11.1 Å². The fourth-order valence-electron chi connectivity index (χ4n) is 5.66. The second-order valence-corrected chi connectivity index (χ2v) is 14.9. The van der Waals surface area contributed by atoms with E-state index in [0.717, 1.165) is 29.2 Å². The maximum atomic E-state index is 9.67. The summed E-state index contributed by atoms with van der Waals surface area (Å²) < 4.78 is 37.4. The second-order valence-electron chi connectivity index (χ2n) is 14.6. The normalized spacial score (nSPS) is 15.6. The molecule has 1 fully saturated rings. The van der Waals surface area contributed by atoms with Crippen LogP contribution in [0.1, 0.15) is 49.9 Å². The van der Waals surface area contributed by atoms with Crippen LogP contribution in [0, 0.1) is 0 Å². The van der Waals surface area contributed by atoms with Gasteiger partial charge in [0.15, 0.2) is 0 Å². The molecule has 1 saturated heterocycles. The number of methoxy groups -OCH3 is 2. The quantitative estimate of drug-likeness (QED) is 0.0633. The number of hydrogen-bond donors (Lipinski definition) is 3. The third kappa shape index (κ3) is 14.0. The smallest absolute Gasteiger partial charge is 0.119 e. The minimum atomic E-state index is -0.672. The average Bonchev–Trinajstić information content (AvgIpc) is 4.03. The highest BCUT2D eigenvalue weighted by atomic mass is 35.5. The molecule has 55 heavy (non-hydrogen) atoms. The number of aliphatic hydroxyl groups excluding tert-OH is 3. The Morgan fingerprint density at radius 3 is 1.09 bits per heavy atom. The van der Waals surface area contributed by atoms with Crippen molar-refractivity contribution < 1.29 is 48.5 Å². The molecule has 0 aromatic heterocycles. The lowest BCUT2D eigenvalue weighted by atomic mass is 9.78. The van der Waals surface area contributed by atoms with Gasteiger partial charge in [-0.15, -0.1) is 11.6 Å². The van der Waals surface area contributed by atoms with E-state index in [0.29, 0.717) is 18.1 Å². The number of hydrogen-bond acceptors (Lipinski definition) is 10.